The molecule has 7 fully saturated rings. The van der Waals surface area contributed by atoms with Crippen LogP contribution < -0.4 is 0 Å². The maximum atomic E-state index is 14.0. The third-order valence-corrected chi connectivity index (χ3v) is 16.1. The Balaban J connectivity index is 1.31. The fourth-order valence-electron chi connectivity index (χ4n) is 13.6. The zero-order valence-electron chi connectivity index (χ0n) is 35.4. The van der Waals surface area contributed by atoms with Gasteiger partial charge in [-0.25, -0.2) is 9.78 Å². The van der Waals surface area contributed by atoms with Crippen molar-refractivity contribution in [1.82, 2.24) is 0 Å². The lowest BCUT2D eigenvalue weighted by atomic mass is 9.31. The number of allylic oxidation sites excluding steroid dienone is 1. The fraction of sp³-hybridized carbons (Fsp3) is 0.826. The lowest BCUT2D eigenvalue weighted by Gasteiger charge is -2.72. The Morgan fingerprint density at radius 3 is 2.31 bits per heavy atom. The number of hydrogen-bond donors (Lipinski definition) is 2. The molecule has 1 spiro atoms. The Morgan fingerprint density at radius 2 is 1.64 bits per heavy atom. The van der Waals surface area contributed by atoms with E-state index in [0.717, 1.165) is 64.2 Å². The van der Waals surface area contributed by atoms with Crippen molar-refractivity contribution in [1.29, 1.82) is 0 Å². The predicted molar refractivity (Wildman–Crippen MR) is 211 cm³/mol. The normalized spacial score (nSPS) is 37.7. The summed E-state index contributed by atoms with van der Waals surface area (Å²) in [4.78, 5) is 90.4. The van der Waals surface area contributed by atoms with Gasteiger partial charge in [0.05, 0.1) is 29.6 Å². The van der Waals surface area contributed by atoms with Crippen LogP contribution in [-0.2, 0) is 48.0 Å². The van der Waals surface area contributed by atoms with Crippen LogP contribution in [0.3, 0.4) is 0 Å². The first-order valence-corrected chi connectivity index (χ1v) is 22.5. The zero-order valence-corrected chi connectivity index (χ0v) is 35.4. The number of ether oxygens (including phenoxy) is 2. The molecule has 0 amide bonds. The second-order valence-corrected chi connectivity index (χ2v) is 19.7. The van der Waals surface area contributed by atoms with Crippen LogP contribution in [0.2, 0.25) is 0 Å². The van der Waals surface area contributed by atoms with Gasteiger partial charge in [0, 0.05) is 11.8 Å². The molecule has 13 atom stereocenters. The van der Waals surface area contributed by atoms with Crippen LogP contribution in [0.1, 0.15) is 157 Å². The van der Waals surface area contributed by atoms with E-state index >= 15 is 0 Å². The van der Waals surface area contributed by atoms with Gasteiger partial charge in [0.15, 0.2) is 0 Å². The third-order valence-electron chi connectivity index (χ3n) is 16.1. The van der Waals surface area contributed by atoms with Gasteiger partial charge >= 0.3 is 35.8 Å². The number of hydrogen-bond acceptors (Lipinski definition) is 10. The van der Waals surface area contributed by atoms with Crippen LogP contribution >= 0.6 is 0 Å². The van der Waals surface area contributed by atoms with Crippen LogP contribution in [0, 0.1) is 69.5 Å². The predicted octanol–water partition coefficient (Wildman–Crippen LogP) is 8.63. The van der Waals surface area contributed by atoms with E-state index in [1.54, 1.807) is 0 Å². The third kappa shape index (κ3) is 8.31. The van der Waals surface area contributed by atoms with Gasteiger partial charge in [-0.15, -0.1) is 0 Å². The molecule has 2 N–H and O–H groups in total. The first-order valence-electron chi connectivity index (χ1n) is 22.5. The zero-order chi connectivity index (χ0) is 42.0. The Bertz CT molecular complexity index is 1590. The molecule has 13 unspecified atom stereocenters. The topological polar surface area (TPSA) is 180 Å². The Hall–Kier alpha value is -3.12. The highest BCUT2D eigenvalue weighted by atomic mass is 17.2. The number of carboxylic acid groups (broad SMARTS) is 2. The van der Waals surface area contributed by atoms with E-state index in [0.29, 0.717) is 44.9 Å². The minimum atomic E-state index is -0.898. The van der Waals surface area contributed by atoms with Crippen molar-refractivity contribution < 1.29 is 58.2 Å². The molecular formula is C46H68O12. The maximum absolute atomic E-state index is 14.0. The van der Waals surface area contributed by atoms with Gasteiger partial charge in [0.1, 0.15) is 12.2 Å². The standard InChI is InChI=1S/C46H68O12/c1-6-7-8-10-14-18-29(24-28(30-26-35(49)55-40(30)50)17-13-11-9-12-15-19-34(47)48)57-58-39-36(27(2)3)31-25-33-44(4)21-16-22-45(5,43(53)54)32(44)20-23-46(33,39)38-37(31)41(51)56-42(38)52/h14,18,27-33,36-39H,6-13,15-17,19-26H2,1-5H3,(H,47,48)(H,53,54)/b18-14+. The summed E-state index contributed by atoms with van der Waals surface area (Å²) in [5, 5.41) is 19.6. The second kappa shape index (κ2) is 18.2. The molecule has 2 saturated heterocycles. The summed E-state index contributed by atoms with van der Waals surface area (Å²) >= 11 is 0. The lowest BCUT2D eigenvalue weighted by molar-refractivity contribution is -0.414. The molecule has 58 heavy (non-hydrogen) atoms. The van der Waals surface area contributed by atoms with Crippen molar-refractivity contribution in [3.8, 4) is 0 Å². The fourth-order valence-corrected chi connectivity index (χ4v) is 13.6. The molecule has 5 saturated carbocycles. The number of unbranched alkanes of at least 4 members (excludes halogenated alkanes) is 7. The summed E-state index contributed by atoms with van der Waals surface area (Å²) in [5.41, 5.74) is -2.11. The summed E-state index contributed by atoms with van der Waals surface area (Å²) < 4.78 is 10.5. The highest BCUT2D eigenvalue weighted by molar-refractivity contribution is 5.98. The molecule has 0 aromatic carbocycles. The van der Waals surface area contributed by atoms with Crippen LogP contribution in [0.25, 0.3) is 0 Å². The highest BCUT2D eigenvalue weighted by Gasteiger charge is 2.78. The van der Waals surface area contributed by atoms with E-state index in [1.165, 1.54) is 0 Å². The van der Waals surface area contributed by atoms with Crippen molar-refractivity contribution in [2.24, 2.45) is 69.5 Å². The van der Waals surface area contributed by atoms with Crippen LogP contribution in [0.5, 0.6) is 0 Å². The molecule has 7 rings (SSSR count). The van der Waals surface area contributed by atoms with E-state index < -0.39 is 82.0 Å². The molecule has 7 aliphatic rings. The quantitative estimate of drug-likeness (QED) is 0.0282. The molecule has 2 bridgehead atoms. The van der Waals surface area contributed by atoms with Gasteiger partial charge in [-0.05, 0) is 112 Å². The molecule has 324 valence electrons. The van der Waals surface area contributed by atoms with E-state index in [4.69, 9.17) is 24.4 Å². The summed E-state index contributed by atoms with van der Waals surface area (Å²) in [6.45, 7) is 10.5. The average Bonchev–Trinajstić information content (AvgIpc) is 3.67. The number of carboxylic acids is 2. The number of cyclic esters (lactones) is 4. The minimum absolute atomic E-state index is 0.00857. The first kappa shape index (κ1) is 44.4. The number of rotatable bonds is 21. The summed E-state index contributed by atoms with van der Waals surface area (Å²) in [5.74, 6) is -6.14. The van der Waals surface area contributed by atoms with E-state index in [9.17, 15) is 33.9 Å². The van der Waals surface area contributed by atoms with Crippen LogP contribution in [-0.4, -0.2) is 58.2 Å². The summed E-state index contributed by atoms with van der Waals surface area (Å²) in [6, 6.07) is 0. The van der Waals surface area contributed by atoms with E-state index in [1.807, 2.05) is 13.0 Å². The maximum Gasteiger partial charge on any atom is 0.318 e. The minimum Gasteiger partial charge on any atom is -0.481 e. The number of esters is 4. The van der Waals surface area contributed by atoms with Crippen molar-refractivity contribution >= 4 is 35.8 Å². The molecule has 12 heteroatoms. The summed E-state index contributed by atoms with van der Waals surface area (Å²) in [6.07, 6.45) is 16.1. The molecule has 0 aromatic rings. The van der Waals surface area contributed by atoms with Crippen molar-refractivity contribution in [2.75, 3.05) is 0 Å². The van der Waals surface area contributed by atoms with Crippen molar-refractivity contribution in [3.05, 3.63) is 12.2 Å². The number of carbonyl (C=O) groups excluding carboxylic acids is 4. The van der Waals surface area contributed by atoms with E-state index in [-0.39, 0.29) is 48.3 Å². The largest absolute Gasteiger partial charge is 0.481 e. The smallest absolute Gasteiger partial charge is 0.318 e. The van der Waals surface area contributed by atoms with E-state index in [2.05, 4.69) is 33.8 Å². The van der Waals surface area contributed by atoms with Gasteiger partial charge in [-0.1, -0.05) is 84.8 Å². The molecule has 2 heterocycles. The molecule has 12 nitrogen and oxygen atoms in total. The highest BCUT2D eigenvalue weighted by Crippen LogP contribution is 2.76. The van der Waals surface area contributed by atoms with Gasteiger partial charge in [-0.3, -0.25) is 28.8 Å². The van der Waals surface area contributed by atoms with Crippen LogP contribution in [0.15, 0.2) is 12.2 Å². The Labute approximate surface area is 343 Å². The Kier molecular flexibility index (Phi) is 14.0. The molecular weight excluding hydrogens is 744 g/mol. The first-order chi connectivity index (χ1) is 27.6. The molecule has 2 aliphatic heterocycles. The monoisotopic (exact) mass is 812 g/mol. The molecule has 5 aliphatic carbocycles. The second-order valence-electron chi connectivity index (χ2n) is 19.7. The van der Waals surface area contributed by atoms with Crippen molar-refractivity contribution in [2.45, 2.75) is 169 Å². The van der Waals surface area contributed by atoms with Gasteiger partial charge in [-0.2, -0.15) is 0 Å². The number of fused-ring (bicyclic) bond motifs is 2. The SMILES string of the molecule is CCCCC/C=C/C(CC(CCCCCCCC(=O)O)C1CC(=O)OC1=O)OOC1C(C(C)C)C2CC3C4(C)CCCC(C)(C(=O)O)C4CCC13C1C(=O)OC(=O)C21. The number of aliphatic carboxylic acids is 2. The van der Waals surface area contributed by atoms with Gasteiger partial charge in [0.2, 0.25) is 0 Å². The number of carbonyl (C=O) groups is 6. The Morgan fingerprint density at radius 1 is 0.897 bits per heavy atom. The van der Waals surface area contributed by atoms with Gasteiger partial charge in [0.25, 0.3) is 0 Å². The molecule has 0 radical (unpaired) electrons. The lowest BCUT2D eigenvalue weighted by Crippen LogP contribution is -2.73. The summed E-state index contributed by atoms with van der Waals surface area (Å²) in [7, 11) is 0. The molecule has 0 aromatic heterocycles. The van der Waals surface area contributed by atoms with Crippen LogP contribution in [0.4, 0.5) is 0 Å². The van der Waals surface area contributed by atoms with Crippen molar-refractivity contribution in [3.63, 3.8) is 0 Å². The average molecular weight is 813 g/mol. The van der Waals surface area contributed by atoms with Gasteiger partial charge < -0.3 is 19.7 Å².